The third-order valence-electron chi connectivity index (χ3n) is 2.56. The second-order valence-corrected chi connectivity index (χ2v) is 4.30. The van der Waals surface area contributed by atoms with Gasteiger partial charge in [0.1, 0.15) is 0 Å². The number of nitrogens with one attached hydrogen (secondary N) is 1. The molecule has 4 N–H and O–H groups in total. The fraction of sp³-hybridized carbons (Fsp3) is 0.500. The molecular formula is C12H19ClN2O. The van der Waals surface area contributed by atoms with E-state index in [0.29, 0.717) is 13.0 Å². The standard InChI is InChI=1S/C12H19ClN2O/c1-9(6-7-16)15-12(8-14)10-4-2-3-5-11(10)13/h2-5,9,12,15-16H,6-8,14H2,1H3. The minimum absolute atomic E-state index is 0.0373. The molecule has 0 aliphatic heterocycles. The largest absolute Gasteiger partial charge is 0.396 e. The Morgan fingerprint density at radius 1 is 1.44 bits per heavy atom. The summed E-state index contributed by atoms with van der Waals surface area (Å²) in [5.74, 6) is 0. The van der Waals surface area contributed by atoms with Gasteiger partial charge in [-0.25, -0.2) is 0 Å². The Labute approximate surface area is 102 Å². The molecule has 0 spiro atoms. The van der Waals surface area contributed by atoms with E-state index in [9.17, 15) is 0 Å². The summed E-state index contributed by atoms with van der Waals surface area (Å²) in [4.78, 5) is 0. The van der Waals surface area contributed by atoms with Crippen LogP contribution in [-0.2, 0) is 0 Å². The first-order valence-electron chi connectivity index (χ1n) is 5.50. The number of nitrogens with two attached hydrogens (primary N) is 1. The smallest absolute Gasteiger partial charge is 0.0461 e. The second kappa shape index (κ2) is 6.86. The van der Waals surface area contributed by atoms with Crippen molar-refractivity contribution < 1.29 is 5.11 Å². The average Bonchev–Trinajstić information content (AvgIpc) is 2.27. The number of rotatable bonds is 6. The predicted molar refractivity (Wildman–Crippen MR) is 67.5 cm³/mol. The lowest BCUT2D eigenvalue weighted by Gasteiger charge is -2.22. The van der Waals surface area contributed by atoms with E-state index in [1.165, 1.54) is 0 Å². The van der Waals surface area contributed by atoms with E-state index in [0.717, 1.165) is 10.6 Å². The van der Waals surface area contributed by atoms with Crippen LogP contribution in [0.25, 0.3) is 0 Å². The van der Waals surface area contributed by atoms with Gasteiger partial charge in [0.2, 0.25) is 0 Å². The van der Waals surface area contributed by atoms with E-state index in [-0.39, 0.29) is 18.7 Å². The van der Waals surface area contributed by atoms with Crippen LogP contribution < -0.4 is 11.1 Å². The van der Waals surface area contributed by atoms with Crippen molar-refractivity contribution in [2.75, 3.05) is 13.2 Å². The molecule has 0 aliphatic carbocycles. The van der Waals surface area contributed by atoms with Crippen molar-refractivity contribution in [1.82, 2.24) is 5.32 Å². The molecule has 1 aromatic rings. The fourth-order valence-corrected chi connectivity index (χ4v) is 1.93. The molecule has 16 heavy (non-hydrogen) atoms. The van der Waals surface area contributed by atoms with Gasteiger partial charge in [0, 0.05) is 30.3 Å². The molecule has 0 heterocycles. The maximum atomic E-state index is 8.85. The summed E-state index contributed by atoms with van der Waals surface area (Å²) in [6.07, 6.45) is 0.709. The van der Waals surface area contributed by atoms with Crippen molar-refractivity contribution in [2.24, 2.45) is 5.73 Å². The van der Waals surface area contributed by atoms with Crippen LogP contribution in [-0.4, -0.2) is 24.3 Å². The number of aliphatic hydroxyl groups is 1. The molecule has 0 aliphatic rings. The summed E-state index contributed by atoms with van der Waals surface area (Å²) < 4.78 is 0. The quantitative estimate of drug-likeness (QED) is 0.712. The minimum atomic E-state index is 0.0373. The fourth-order valence-electron chi connectivity index (χ4n) is 1.66. The molecule has 0 saturated heterocycles. The van der Waals surface area contributed by atoms with Gasteiger partial charge in [0.15, 0.2) is 0 Å². The monoisotopic (exact) mass is 242 g/mol. The van der Waals surface area contributed by atoms with Crippen LogP contribution in [0.2, 0.25) is 5.02 Å². The van der Waals surface area contributed by atoms with Crippen LogP contribution in [0.15, 0.2) is 24.3 Å². The second-order valence-electron chi connectivity index (χ2n) is 3.89. The highest BCUT2D eigenvalue weighted by Crippen LogP contribution is 2.22. The van der Waals surface area contributed by atoms with Crippen molar-refractivity contribution in [3.05, 3.63) is 34.9 Å². The molecule has 1 aromatic carbocycles. The lowest BCUT2D eigenvalue weighted by molar-refractivity contribution is 0.263. The third kappa shape index (κ3) is 3.76. The molecule has 90 valence electrons. The molecule has 0 saturated carbocycles. The Bertz CT molecular complexity index is 320. The van der Waals surface area contributed by atoms with Gasteiger partial charge in [-0.15, -0.1) is 0 Å². The third-order valence-corrected chi connectivity index (χ3v) is 2.91. The Balaban J connectivity index is 2.71. The van der Waals surface area contributed by atoms with E-state index in [1.807, 2.05) is 31.2 Å². The molecule has 2 atom stereocenters. The molecule has 0 aromatic heterocycles. The van der Waals surface area contributed by atoms with Gasteiger partial charge in [-0.2, -0.15) is 0 Å². The Kier molecular flexibility index (Phi) is 5.77. The van der Waals surface area contributed by atoms with E-state index in [1.54, 1.807) is 0 Å². The Hall–Kier alpha value is -0.610. The number of aliphatic hydroxyl groups excluding tert-OH is 1. The molecule has 4 heteroatoms. The highest BCUT2D eigenvalue weighted by Gasteiger charge is 2.14. The average molecular weight is 243 g/mol. The van der Waals surface area contributed by atoms with Gasteiger partial charge in [-0.1, -0.05) is 29.8 Å². The summed E-state index contributed by atoms with van der Waals surface area (Å²) in [5, 5.41) is 12.9. The first kappa shape index (κ1) is 13.5. The molecular weight excluding hydrogens is 224 g/mol. The number of hydrogen-bond donors (Lipinski definition) is 3. The summed E-state index contributed by atoms with van der Waals surface area (Å²) in [7, 11) is 0. The van der Waals surface area contributed by atoms with Crippen LogP contribution in [0.3, 0.4) is 0 Å². The van der Waals surface area contributed by atoms with Crippen molar-refractivity contribution in [3.63, 3.8) is 0 Å². The van der Waals surface area contributed by atoms with Crippen molar-refractivity contribution in [3.8, 4) is 0 Å². The van der Waals surface area contributed by atoms with Crippen LogP contribution in [0.5, 0.6) is 0 Å². The molecule has 3 nitrogen and oxygen atoms in total. The van der Waals surface area contributed by atoms with Crippen LogP contribution in [0.1, 0.15) is 24.9 Å². The summed E-state index contributed by atoms with van der Waals surface area (Å²) >= 11 is 6.11. The zero-order chi connectivity index (χ0) is 12.0. The van der Waals surface area contributed by atoms with Crippen molar-refractivity contribution in [2.45, 2.75) is 25.4 Å². The maximum absolute atomic E-state index is 8.85. The summed E-state index contributed by atoms with van der Waals surface area (Å²) in [6.45, 7) is 2.68. The zero-order valence-electron chi connectivity index (χ0n) is 9.49. The lowest BCUT2D eigenvalue weighted by atomic mass is 10.1. The van der Waals surface area contributed by atoms with Crippen LogP contribution in [0.4, 0.5) is 0 Å². The summed E-state index contributed by atoms with van der Waals surface area (Å²) in [5.41, 5.74) is 6.75. The first-order valence-corrected chi connectivity index (χ1v) is 5.88. The first-order chi connectivity index (χ1) is 7.69. The molecule has 2 unspecified atom stereocenters. The van der Waals surface area contributed by atoms with Gasteiger partial charge < -0.3 is 16.2 Å². The molecule has 0 amide bonds. The molecule has 0 bridgehead atoms. The highest BCUT2D eigenvalue weighted by atomic mass is 35.5. The Morgan fingerprint density at radius 3 is 2.69 bits per heavy atom. The Morgan fingerprint density at radius 2 is 2.12 bits per heavy atom. The van der Waals surface area contributed by atoms with Crippen molar-refractivity contribution >= 4 is 11.6 Å². The highest BCUT2D eigenvalue weighted by molar-refractivity contribution is 6.31. The van der Waals surface area contributed by atoms with E-state index in [2.05, 4.69) is 5.32 Å². The lowest BCUT2D eigenvalue weighted by Crippen LogP contribution is -2.35. The minimum Gasteiger partial charge on any atom is -0.396 e. The number of benzene rings is 1. The number of hydrogen-bond acceptors (Lipinski definition) is 3. The van der Waals surface area contributed by atoms with E-state index < -0.39 is 0 Å². The van der Waals surface area contributed by atoms with Gasteiger partial charge in [-0.05, 0) is 25.0 Å². The normalized spacial score (nSPS) is 14.8. The van der Waals surface area contributed by atoms with Gasteiger partial charge in [0.25, 0.3) is 0 Å². The van der Waals surface area contributed by atoms with Gasteiger partial charge in [-0.3, -0.25) is 0 Å². The SMILES string of the molecule is CC(CCO)NC(CN)c1ccccc1Cl. The molecule has 1 rings (SSSR count). The topological polar surface area (TPSA) is 58.3 Å². The van der Waals surface area contributed by atoms with Crippen LogP contribution in [0, 0.1) is 0 Å². The summed E-state index contributed by atoms with van der Waals surface area (Å²) in [6, 6.07) is 7.93. The van der Waals surface area contributed by atoms with Crippen LogP contribution >= 0.6 is 11.6 Å². The van der Waals surface area contributed by atoms with Gasteiger partial charge >= 0.3 is 0 Å². The maximum Gasteiger partial charge on any atom is 0.0461 e. The molecule has 0 fully saturated rings. The van der Waals surface area contributed by atoms with Gasteiger partial charge in [0.05, 0.1) is 0 Å². The van der Waals surface area contributed by atoms with E-state index in [4.69, 9.17) is 22.4 Å². The van der Waals surface area contributed by atoms with Crippen molar-refractivity contribution in [1.29, 1.82) is 0 Å². The molecule has 0 radical (unpaired) electrons. The predicted octanol–water partition coefficient (Wildman–Crippen LogP) is 1.70. The number of halogens is 1. The van der Waals surface area contributed by atoms with E-state index >= 15 is 0 Å². The zero-order valence-corrected chi connectivity index (χ0v) is 10.2.